The van der Waals surface area contributed by atoms with Crippen LogP contribution in [-0.2, 0) is 20.9 Å². The lowest BCUT2D eigenvalue weighted by atomic mass is 10.2. The molecule has 1 fully saturated rings. The molecule has 152 valence electrons. The van der Waals surface area contributed by atoms with E-state index in [1.165, 1.54) is 11.1 Å². The van der Waals surface area contributed by atoms with Gasteiger partial charge in [0.2, 0.25) is 0 Å². The van der Waals surface area contributed by atoms with Gasteiger partial charge in [0.05, 0.1) is 19.0 Å². The number of carbonyl (C=O) groups excluding carboxylic acids is 3. The highest BCUT2D eigenvalue weighted by molar-refractivity contribution is 6.35. The van der Waals surface area contributed by atoms with Crippen LogP contribution < -0.4 is 15.5 Å². The molecule has 9 heteroatoms. The molecule has 0 aliphatic carbocycles. The zero-order valence-corrected chi connectivity index (χ0v) is 15.8. The van der Waals surface area contributed by atoms with Gasteiger partial charge < -0.3 is 19.4 Å². The molecule has 0 saturated carbocycles. The largest absolute Gasteiger partial charge is 0.484 e. The maximum Gasteiger partial charge on any atom is 0.329 e. The standard InChI is InChI=1S/C20H22N4O5/c25-18(21-13-17-4-3-11-28-17)14-29-16-7-5-15(6-8-16)12-22-23-19(26)20(27)24-9-1-2-10-24/h3-8,11-12H,1-2,9-10,13-14H2,(H,21,25)(H,23,26)/b22-12-. The molecule has 1 aliphatic rings. The zero-order valence-electron chi connectivity index (χ0n) is 15.8. The Labute approximate surface area is 167 Å². The SMILES string of the molecule is O=C(COc1ccc(/C=N\NC(=O)C(=O)N2CCCC2)cc1)NCc1ccco1. The van der Waals surface area contributed by atoms with Crippen LogP contribution in [0.4, 0.5) is 0 Å². The van der Waals surface area contributed by atoms with Gasteiger partial charge in [-0.25, -0.2) is 5.43 Å². The van der Waals surface area contributed by atoms with E-state index >= 15 is 0 Å². The van der Waals surface area contributed by atoms with Gasteiger partial charge in [-0.2, -0.15) is 5.10 Å². The first-order valence-corrected chi connectivity index (χ1v) is 9.26. The normalized spacial score (nSPS) is 13.4. The minimum atomic E-state index is -0.747. The molecule has 2 heterocycles. The van der Waals surface area contributed by atoms with E-state index in [1.54, 1.807) is 42.7 Å². The summed E-state index contributed by atoms with van der Waals surface area (Å²) in [4.78, 5) is 36.9. The van der Waals surface area contributed by atoms with Gasteiger partial charge in [-0.05, 0) is 54.8 Å². The number of hydrazone groups is 1. The molecule has 0 bridgehead atoms. The molecular formula is C20H22N4O5. The number of hydrogen-bond acceptors (Lipinski definition) is 6. The van der Waals surface area contributed by atoms with Gasteiger partial charge in [0.15, 0.2) is 6.61 Å². The number of ether oxygens (including phenoxy) is 1. The average Bonchev–Trinajstić information content (AvgIpc) is 3.45. The summed E-state index contributed by atoms with van der Waals surface area (Å²) in [7, 11) is 0. The topological polar surface area (TPSA) is 113 Å². The van der Waals surface area contributed by atoms with Crippen LogP contribution in [0.5, 0.6) is 5.75 Å². The molecule has 0 unspecified atom stereocenters. The Morgan fingerprint density at radius 2 is 1.90 bits per heavy atom. The first-order chi connectivity index (χ1) is 14.1. The van der Waals surface area contributed by atoms with Crippen molar-refractivity contribution in [3.63, 3.8) is 0 Å². The van der Waals surface area contributed by atoms with Crippen molar-refractivity contribution in [2.45, 2.75) is 19.4 Å². The van der Waals surface area contributed by atoms with Crippen molar-refractivity contribution in [3.8, 4) is 5.75 Å². The third-order valence-electron chi connectivity index (χ3n) is 4.26. The molecule has 0 spiro atoms. The molecule has 29 heavy (non-hydrogen) atoms. The van der Waals surface area contributed by atoms with Crippen LogP contribution in [0.2, 0.25) is 0 Å². The molecule has 1 aromatic carbocycles. The van der Waals surface area contributed by atoms with E-state index in [-0.39, 0.29) is 12.5 Å². The highest BCUT2D eigenvalue weighted by Crippen LogP contribution is 2.11. The van der Waals surface area contributed by atoms with E-state index in [9.17, 15) is 14.4 Å². The Morgan fingerprint density at radius 3 is 2.59 bits per heavy atom. The molecule has 1 saturated heterocycles. The highest BCUT2D eigenvalue weighted by Gasteiger charge is 2.23. The fraction of sp³-hybridized carbons (Fsp3) is 0.300. The molecule has 1 aliphatic heterocycles. The number of rotatable bonds is 7. The molecular weight excluding hydrogens is 376 g/mol. The van der Waals surface area contributed by atoms with Gasteiger partial charge in [-0.3, -0.25) is 14.4 Å². The predicted octanol–water partition coefficient (Wildman–Crippen LogP) is 1.05. The number of nitrogens with zero attached hydrogens (tertiary/aromatic N) is 2. The lowest BCUT2D eigenvalue weighted by Crippen LogP contribution is -2.39. The number of furan rings is 1. The summed E-state index contributed by atoms with van der Waals surface area (Å²) in [5, 5.41) is 6.49. The van der Waals surface area contributed by atoms with Crippen molar-refractivity contribution in [2.75, 3.05) is 19.7 Å². The van der Waals surface area contributed by atoms with Crippen molar-refractivity contribution in [1.29, 1.82) is 0 Å². The summed E-state index contributed by atoms with van der Waals surface area (Å²) >= 11 is 0. The molecule has 2 N–H and O–H groups in total. The van der Waals surface area contributed by atoms with Crippen LogP contribution >= 0.6 is 0 Å². The van der Waals surface area contributed by atoms with Crippen LogP contribution in [0.3, 0.4) is 0 Å². The van der Waals surface area contributed by atoms with E-state index in [0.29, 0.717) is 36.7 Å². The third kappa shape index (κ3) is 6.20. The monoisotopic (exact) mass is 398 g/mol. The van der Waals surface area contributed by atoms with Gasteiger partial charge in [-0.15, -0.1) is 0 Å². The van der Waals surface area contributed by atoms with Crippen LogP contribution in [0, 0.1) is 0 Å². The lowest BCUT2D eigenvalue weighted by molar-refractivity contribution is -0.145. The van der Waals surface area contributed by atoms with Crippen molar-refractivity contribution in [3.05, 3.63) is 54.0 Å². The van der Waals surface area contributed by atoms with E-state index in [0.717, 1.165) is 12.8 Å². The maximum atomic E-state index is 11.9. The second-order valence-electron chi connectivity index (χ2n) is 6.41. The Bertz CT molecular complexity index is 856. The van der Waals surface area contributed by atoms with E-state index in [4.69, 9.17) is 9.15 Å². The zero-order chi connectivity index (χ0) is 20.5. The van der Waals surface area contributed by atoms with Gasteiger partial charge >= 0.3 is 11.8 Å². The fourth-order valence-corrected chi connectivity index (χ4v) is 2.73. The number of nitrogens with one attached hydrogen (secondary N) is 2. The molecule has 0 atom stereocenters. The third-order valence-corrected chi connectivity index (χ3v) is 4.26. The van der Waals surface area contributed by atoms with E-state index < -0.39 is 11.8 Å². The minimum Gasteiger partial charge on any atom is -0.484 e. The summed E-state index contributed by atoms with van der Waals surface area (Å²) in [6.07, 6.45) is 4.80. The molecule has 1 aromatic heterocycles. The van der Waals surface area contributed by atoms with Crippen molar-refractivity contribution < 1.29 is 23.5 Å². The van der Waals surface area contributed by atoms with Gasteiger partial charge in [-0.1, -0.05) is 0 Å². The highest BCUT2D eigenvalue weighted by atomic mass is 16.5. The van der Waals surface area contributed by atoms with Crippen LogP contribution in [0.25, 0.3) is 0 Å². The Balaban J connectivity index is 1.38. The van der Waals surface area contributed by atoms with Gasteiger partial charge in [0.25, 0.3) is 5.91 Å². The summed E-state index contributed by atoms with van der Waals surface area (Å²) in [5.41, 5.74) is 2.94. The Hall–Kier alpha value is -3.62. The van der Waals surface area contributed by atoms with Crippen molar-refractivity contribution in [2.24, 2.45) is 5.10 Å². The summed E-state index contributed by atoms with van der Waals surface area (Å²) < 4.78 is 10.5. The number of hydrogen-bond donors (Lipinski definition) is 2. The second kappa shape index (κ2) is 10.1. The Morgan fingerprint density at radius 1 is 1.14 bits per heavy atom. The maximum absolute atomic E-state index is 11.9. The average molecular weight is 398 g/mol. The van der Waals surface area contributed by atoms with Gasteiger partial charge in [0.1, 0.15) is 11.5 Å². The first-order valence-electron chi connectivity index (χ1n) is 9.26. The van der Waals surface area contributed by atoms with Crippen molar-refractivity contribution >= 4 is 23.9 Å². The van der Waals surface area contributed by atoms with Crippen LogP contribution in [0.15, 0.2) is 52.2 Å². The molecule has 3 amide bonds. The quantitative estimate of drug-likeness (QED) is 0.411. The molecule has 9 nitrogen and oxygen atoms in total. The second-order valence-corrected chi connectivity index (χ2v) is 6.41. The number of likely N-dealkylation sites (tertiary alicyclic amines) is 1. The number of carbonyl (C=O) groups is 3. The lowest BCUT2D eigenvalue weighted by Gasteiger charge is -2.12. The fourth-order valence-electron chi connectivity index (χ4n) is 2.73. The van der Waals surface area contributed by atoms with Crippen molar-refractivity contribution in [1.82, 2.24) is 15.6 Å². The number of amides is 3. The molecule has 2 aromatic rings. The van der Waals surface area contributed by atoms with E-state index in [2.05, 4.69) is 15.8 Å². The van der Waals surface area contributed by atoms with E-state index in [1.807, 2.05) is 0 Å². The minimum absolute atomic E-state index is 0.122. The summed E-state index contributed by atoms with van der Waals surface area (Å²) in [5.74, 6) is -0.394. The van der Waals surface area contributed by atoms with Crippen LogP contribution in [0.1, 0.15) is 24.2 Å². The Kier molecular flexibility index (Phi) is 6.99. The summed E-state index contributed by atoms with van der Waals surface area (Å²) in [6.45, 7) is 1.40. The molecule has 3 rings (SSSR count). The van der Waals surface area contributed by atoms with Gasteiger partial charge in [0, 0.05) is 13.1 Å². The molecule has 0 radical (unpaired) electrons. The van der Waals surface area contributed by atoms with Crippen LogP contribution in [-0.4, -0.2) is 48.5 Å². The smallest absolute Gasteiger partial charge is 0.329 e. The predicted molar refractivity (Wildman–Crippen MR) is 104 cm³/mol. The number of benzene rings is 1. The first kappa shape index (κ1) is 20.1. The summed E-state index contributed by atoms with van der Waals surface area (Å²) in [6, 6.07) is 10.3.